The standard InChI is InChI=1S/C18H24N2O3.ClH/c21-16(12-20-10-4-5-14(11-20)17(22)23)19-13-18(8-9-18)15-6-2-1-3-7-15;/h1-3,6-7,14H,4-5,8-13H2,(H,19,21)(H,22,23);1H. The highest BCUT2D eigenvalue weighted by Gasteiger charge is 2.44. The number of likely N-dealkylation sites (tertiary alicyclic amines) is 1. The number of halogens is 1. The van der Waals surface area contributed by atoms with Crippen molar-refractivity contribution >= 4 is 24.3 Å². The molecular weight excluding hydrogens is 328 g/mol. The largest absolute Gasteiger partial charge is 0.481 e. The summed E-state index contributed by atoms with van der Waals surface area (Å²) < 4.78 is 0. The predicted octanol–water partition coefficient (Wildman–Crippen LogP) is 2.05. The molecule has 1 saturated carbocycles. The van der Waals surface area contributed by atoms with E-state index in [1.807, 2.05) is 23.1 Å². The van der Waals surface area contributed by atoms with E-state index in [4.69, 9.17) is 5.11 Å². The summed E-state index contributed by atoms with van der Waals surface area (Å²) >= 11 is 0. The lowest BCUT2D eigenvalue weighted by Gasteiger charge is -2.30. The van der Waals surface area contributed by atoms with E-state index in [1.165, 1.54) is 5.56 Å². The molecule has 2 aliphatic rings. The van der Waals surface area contributed by atoms with E-state index in [1.54, 1.807) is 0 Å². The summed E-state index contributed by atoms with van der Waals surface area (Å²) in [5, 5.41) is 12.2. The number of hydrogen-bond donors (Lipinski definition) is 2. The highest BCUT2D eigenvalue weighted by molar-refractivity contribution is 5.85. The molecule has 1 atom stereocenters. The second-order valence-corrected chi connectivity index (χ2v) is 6.84. The van der Waals surface area contributed by atoms with Crippen molar-refractivity contribution in [2.24, 2.45) is 5.92 Å². The Hall–Kier alpha value is -1.59. The van der Waals surface area contributed by atoms with Gasteiger partial charge in [0.1, 0.15) is 0 Å². The zero-order valence-electron chi connectivity index (χ0n) is 13.7. The molecule has 132 valence electrons. The molecule has 0 bridgehead atoms. The fraction of sp³-hybridized carbons (Fsp3) is 0.556. The van der Waals surface area contributed by atoms with Crippen LogP contribution in [0.1, 0.15) is 31.2 Å². The van der Waals surface area contributed by atoms with Crippen LogP contribution in [0.4, 0.5) is 0 Å². The lowest BCUT2D eigenvalue weighted by Crippen LogP contribution is -2.45. The lowest BCUT2D eigenvalue weighted by atomic mass is 9.96. The molecule has 0 radical (unpaired) electrons. The number of piperidine rings is 1. The summed E-state index contributed by atoms with van der Waals surface area (Å²) in [4.78, 5) is 25.2. The van der Waals surface area contributed by atoms with E-state index in [-0.39, 0.29) is 29.6 Å². The Morgan fingerprint density at radius 3 is 2.58 bits per heavy atom. The quantitative estimate of drug-likeness (QED) is 0.822. The summed E-state index contributed by atoms with van der Waals surface area (Å²) in [6, 6.07) is 10.3. The number of benzene rings is 1. The van der Waals surface area contributed by atoms with Gasteiger partial charge in [-0.1, -0.05) is 30.3 Å². The minimum atomic E-state index is -0.754. The minimum Gasteiger partial charge on any atom is -0.481 e. The molecular formula is C18H25ClN2O3. The average Bonchev–Trinajstić information content (AvgIpc) is 3.35. The Balaban J connectivity index is 0.00000208. The SMILES string of the molecule is Cl.O=C(CN1CCCC(C(=O)O)C1)NCC1(c2ccccc2)CC1. The van der Waals surface area contributed by atoms with Crippen LogP contribution in [0.2, 0.25) is 0 Å². The van der Waals surface area contributed by atoms with E-state index >= 15 is 0 Å². The third-order valence-electron chi connectivity index (χ3n) is 5.09. The van der Waals surface area contributed by atoms with Gasteiger partial charge in [-0.25, -0.2) is 0 Å². The van der Waals surface area contributed by atoms with Gasteiger partial charge in [-0.05, 0) is 37.8 Å². The number of nitrogens with one attached hydrogen (secondary N) is 1. The first-order chi connectivity index (χ1) is 11.1. The maximum absolute atomic E-state index is 12.2. The Morgan fingerprint density at radius 1 is 1.25 bits per heavy atom. The summed E-state index contributed by atoms with van der Waals surface area (Å²) in [5.74, 6) is -1.09. The highest BCUT2D eigenvalue weighted by atomic mass is 35.5. The van der Waals surface area contributed by atoms with E-state index in [0.29, 0.717) is 26.1 Å². The van der Waals surface area contributed by atoms with Gasteiger partial charge >= 0.3 is 5.97 Å². The first-order valence-electron chi connectivity index (χ1n) is 8.36. The van der Waals surface area contributed by atoms with Crippen molar-refractivity contribution in [1.82, 2.24) is 10.2 Å². The third kappa shape index (κ3) is 4.48. The number of carboxylic acid groups (broad SMARTS) is 1. The Bertz CT molecular complexity index is 575. The van der Waals surface area contributed by atoms with Crippen LogP contribution in [-0.4, -0.2) is 48.1 Å². The smallest absolute Gasteiger partial charge is 0.307 e. The highest BCUT2D eigenvalue weighted by Crippen LogP contribution is 2.47. The summed E-state index contributed by atoms with van der Waals surface area (Å²) in [6.45, 7) is 2.26. The molecule has 5 nitrogen and oxygen atoms in total. The van der Waals surface area contributed by atoms with E-state index in [0.717, 1.165) is 25.8 Å². The molecule has 1 heterocycles. The summed E-state index contributed by atoms with van der Waals surface area (Å²) in [7, 11) is 0. The summed E-state index contributed by atoms with van der Waals surface area (Å²) in [5.41, 5.74) is 1.41. The second kappa shape index (κ2) is 7.99. The van der Waals surface area contributed by atoms with Crippen LogP contribution in [-0.2, 0) is 15.0 Å². The van der Waals surface area contributed by atoms with Gasteiger partial charge in [0.25, 0.3) is 0 Å². The maximum atomic E-state index is 12.2. The predicted molar refractivity (Wildman–Crippen MR) is 94.4 cm³/mol. The number of carbonyl (C=O) groups is 2. The van der Waals surface area contributed by atoms with Crippen LogP contribution >= 0.6 is 12.4 Å². The van der Waals surface area contributed by atoms with Crippen molar-refractivity contribution in [3.05, 3.63) is 35.9 Å². The van der Waals surface area contributed by atoms with E-state index in [2.05, 4.69) is 17.4 Å². The van der Waals surface area contributed by atoms with Crippen LogP contribution in [0.15, 0.2) is 30.3 Å². The third-order valence-corrected chi connectivity index (χ3v) is 5.09. The van der Waals surface area contributed by atoms with Crippen molar-refractivity contribution in [2.75, 3.05) is 26.2 Å². The van der Waals surface area contributed by atoms with Crippen molar-refractivity contribution < 1.29 is 14.7 Å². The molecule has 1 aliphatic heterocycles. The van der Waals surface area contributed by atoms with Gasteiger partial charge in [0.15, 0.2) is 0 Å². The molecule has 1 aromatic carbocycles. The number of nitrogens with zero attached hydrogens (tertiary/aromatic N) is 1. The zero-order chi connectivity index (χ0) is 16.3. The fourth-order valence-electron chi connectivity index (χ4n) is 3.44. The molecule has 1 amide bonds. The molecule has 0 aromatic heterocycles. The van der Waals surface area contributed by atoms with Crippen molar-refractivity contribution in [3.63, 3.8) is 0 Å². The number of carboxylic acids is 1. The Morgan fingerprint density at radius 2 is 1.96 bits per heavy atom. The van der Waals surface area contributed by atoms with Crippen LogP contribution in [0.25, 0.3) is 0 Å². The number of hydrogen-bond acceptors (Lipinski definition) is 3. The summed E-state index contributed by atoms with van der Waals surface area (Å²) in [6.07, 6.45) is 3.78. The molecule has 6 heteroatoms. The van der Waals surface area contributed by atoms with Crippen LogP contribution in [0, 0.1) is 5.92 Å². The van der Waals surface area contributed by atoms with Gasteiger partial charge in [0, 0.05) is 18.5 Å². The van der Waals surface area contributed by atoms with Crippen molar-refractivity contribution in [1.29, 1.82) is 0 Å². The molecule has 1 unspecified atom stereocenters. The first-order valence-corrected chi connectivity index (χ1v) is 8.36. The Labute approximate surface area is 148 Å². The molecule has 1 aromatic rings. The molecule has 0 spiro atoms. The average molecular weight is 353 g/mol. The van der Waals surface area contributed by atoms with Gasteiger partial charge in [0.05, 0.1) is 12.5 Å². The number of carbonyl (C=O) groups excluding carboxylic acids is 1. The second-order valence-electron chi connectivity index (χ2n) is 6.84. The molecule has 2 N–H and O–H groups in total. The normalized spacial score (nSPS) is 22.2. The van der Waals surface area contributed by atoms with E-state index in [9.17, 15) is 9.59 Å². The number of amides is 1. The Kier molecular flexibility index (Phi) is 6.24. The van der Waals surface area contributed by atoms with Crippen molar-refractivity contribution in [3.8, 4) is 0 Å². The topological polar surface area (TPSA) is 69.6 Å². The molecule has 24 heavy (non-hydrogen) atoms. The minimum absolute atomic E-state index is 0. The van der Waals surface area contributed by atoms with Gasteiger partial charge < -0.3 is 10.4 Å². The number of rotatable bonds is 6. The van der Waals surface area contributed by atoms with E-state index < -0.39 is 5.97 Å². The van der Waals surface area contributed by atoms with Crippen LogP contribution < -0.4 is 5.32 Å². The molecule has 1 saturated heterocycles. The van der Waals surface area contributed by atoms with Crippen LogP contribution in [0.3, 0.4) is 0 Å². The van der Waals surface area contributed by atoms with Gasteiger partial charge in [0.2, 0.25) is 5.91 Å². The zero-order valence-corrected chi connectivity index (χ0v) is 14.6. The molecule has 2 fully saturated rings. The molecule has 3 rings (SSSR count). The van der Waals surface area contributed by atoms with Crippen molar-refractivity contribution in [2.45, 2.75) is 31.1 Å². The van der Waals surface area contributed by atoms with Crippen LogP contribution in [0.5, 0.6) is 0 Å². The number of aliphatic carboxylic acids is 1. The fourth-order valence-corrected chi connectivity index (χ4v) is 3.44. The van der Waals surface area contributed by atoms with Gasteiger partial charge in [-0.3, -0.25) is 14.5 Å². The molecule has 1 aliphatic carbocycles. The lowest BCUT2D eigenvalue weighted by molar-refractivity contribution is -0.144. The monoisotopic (exact) mass is 352 g/mol. The maximum Gasteiger partial charge on any atom is 0.307 e. The van der Waals surface area contributed by atoms with Gasteiger partial charge in [-0.2, -0.15) is 0 Å². The first kappa shape index (κ1) is 18.7. The van der Waals surface area contributed by atoms with Gasteiger partial charge in [-0.15, -0.1) is 12.4 Å².